The van der Waals surface area contributed by atoms with E-state index < -0.39 is 0 Å². The number of amides is 1. The Morgan fingerprint density at radius 1 is 1.33 bits per heavy atom. The van der Waals surface area contributed by atoms with E-state index in [-0.39, 0.29) is 6.09 Å². The molecule has 1 aliphatic rings. The minimum Gasteiger partial charge on any atom is -0.501 e. The fraction of sp³-hybridized carbons (Fsp3) is 0.357. The standard InChI is InChI=1S/C14H17NO3/c1-17-13-7-9-15(10-8-13)14(16)18-11-12-5-3-2-4-6-12/h2-7H,8-11H2,1H3. The molecule has 96 valence electrons. The van der Waals surface area contributed by atoms with Gasteiger partial charge in [0.1, 0.15) is 6.61 Å². The lowest BCUT2D eigenvalue weighted by molar-refractivity contribution is 0.0955. The van der Waals surface area contributed by atoms with Gasteiger partial charge in [0.25, 0.3) is 0 Å². The van der Waals surface area contributed by atoms with Crippen molar-refractivity contribution in [1.29, 1.82) is 0 Å². The largest absolute Gasteiger partial charge is 0.501 e. The van der Waals surface area contributed by atoms with Crippen molar-refractivity contribution in [2.24, 2.45) is 0 Å². The minimum atomic E-state index is -0.273. The maximum atomic E-state index is 11.8. The fourth-order valence-electron chi connectivity index (χ4n) is 1.81. The first-order chi connectivity index (χ1) is 8.79. The van der Waals surface area contributed by atoms with Crippen molar-refractivity contribution >= 4 is 6.09 Å². The van der Waals surface area contributed by atoms with Gasteiger partial charge in [-0.15, -0.1) is 0 Å². The Morgan fingerprint density at radius 3 is 2.72 bits per heavy atom. The van der Waals surface area contributed by atoms with Crippen LogP contribution in [0.25, 0.3) is 0 Å². The van der Waals surface area contributed by atoms with E-state index in [9.17, 15) is 4.79 Å². The highest BCUT2D eigenvalue weighted by molar-refractivity contribution is 5.68. The van der Waals surface area contributed by atoms with Crippen LogP contribution in [0.2, 0.25) is 0 Å². The van der Waals surface area contributed by atoms with Crippen LogP contribution in [0.1, 0.15) is 12.0 Å². The maximum absolute atomic E-state index is 11.8. The van der Waals surface area contributed by atoms with Gasteiger partial charge in [-0.25, -0.2) is 4.79 Å². The van der Waals surface area contributed by atoms with Crippen molar-refractivity contribution in [2.45, 2.75) is 13.0 Å². The van der Waals surface area contributed by atoms with Crippen LogP contribution in [0, 0.1) is 0 Å². The molecule has 4 nitrogen and oxygen atoms in total. The van der Waals surface area contributed by atoms with Crippen molar-refractivity contribution in [1.82, 2.24) is 4.90 Å². The second kappa shape index (κ2) is 6.10. The second-order valence-corrected chi connectivity index (χ2v) is 4.11. The number of nitrogens with zero attached hydrogens (tertiary/aromatic N) is 1. The molecule has 0 N–H and O–H groups in total. The number of benzene rings is 1. The van der Waals surface area contributed by atoms with E-state index in [1.807, 2.05) is 36.4 Å². The van der Waals surface area contributed by atoms with Crippen molar-refractivity contribution in [2.75, 3.05) is 20.2 Å². The van der Waals surface area contributed by atoms with Crippen molar-refractivity contribution in [3.05, 3.63) is 47.7 Å². The molecule has 0 aromatic heterocycles. The van der Waals surface area contributed by atoms with Crippen LogP contribution in [0.4, 0.5) is 4.79 Å². The van der Waals surface area contributed by atoms with Gasteiger partial charge in [0, 0.05) is 19.5 Å². The Hall–Kier alpha value is -1.97. The Labute approximate surface area is 107 Å². The smallest absolute Gasteiger partial charge is 0.410 e. The zero-order valence-electron chi connectivity index (χ0n) is 10.5. The lowest BCUT2D eigenvalue weighted by atomic mass is 10.2. The molecular formula is C14H17NO3. The molecular weight excluding hydrogens is 230 g/mol. The number of hydrogen-bond donors (Lipinski definition) is 0. The van der Waals surface area contributed by atoms with E-state index in [2.05, 4.69) is 0 Å². The summed E-state index contributed by atoms with van der Waals surface area (Å²) in [5, 5.41) is 0. The van der Waals surface area contributed by atoms with E-state index >= 15 is 0 Å². The molecule has 1 heterocycles. The van der Waals surface area contributed by atoms with Crippen LogP contribution in [0.3, 0.4) is 0 Å². The Morgan fingerprint density at radius 2 is 2.11 bits per heavy atom. The molecule has 0 unspecified atom stereocenters. The van der Waals surface area contributed by atoms with E-state index in [0.29, 0.717) is 19.7 Å². The zero-order valence-corrected chi connectivity index (χ0v) is 10.5. The normalized spacial score (nSPS) is 14.9. The van der Waals surface area contributed by atoms with Crippen molar-refractivity contribution in [3.8, 4) is 0 Å². The highest BCUT2D eigenvalue weighted by Crippen LogP contribution is 2.12. The summed E-state index contributed by atoms with van der Waals surface area (Å²) in [6.45, 7) is 1.51. The lowest BCUT2D eigenvalue weighted by Gasteiger charge is -2.25. The molecule has 0 aliphatic carbocycles. The van der Waals surface area contributed by atoms with Crippen LogP contribution in [0.15, 0.2) is 42.2 Å². The predicted octanol–water partition coefficient (Wildman–Crippen LogP) is 2.56. The summed E-state index contributed by atoms with van der Waals surface area (Å²) >= 11 is 0. The highest BCUT2D eigenvalue weighted by atomic mass is 16.6. The van der Waals surface area contributed by atoms with Gasteiger partial charge in [-0.1, -0.05) is 30.3 Å². The number of carbonyl (C=O) groups is 1. The summed E-state index contributed by atoms with van der Waals surface area (Å²) < 4.78 is 10.4. The van der Waals surface area contributed by atoms with Crippen LogP contribution in [0.5, 0.6) is 0 Å². The van der Waals surface area contributed by atoms with Gasteiger partial charge < -0.3 is 14.4 Å². The molecule has 18 heavy (non-hydrogen) atoms. The minimum absolute atomic E-state index is 0.273. The first-order valence-corrected chi connectivity index (χ1v) is 5.98. The van der Waals surface area contributed by atoms with E-state index in [1.165, 1.54) is 0 Å². The van der Waals surface area contributed by atoms with Crippen molar-refractivity contribution < 1.29 is 14.3 Å². The van der Waals surface area contributed by atoms with Gasteiger partial charge in [-0.2, -0.15) is 0 Å². The molecule has 1 aromatic carbocycles. The summed E-state index contributed by atoms with van der Waals surface area (Å²) in [7, 11) is 1.65. The SMILES string of the molecule is COC1=CCN(C(=O)OCc2ccccc2)CC1. The van der Waals surface area contributed by atoms with E-state index in [1.54, 1.807) is 12.0 Å². The zero-order chi connectivity index (χ0) is 12.8. The molecule has 0 radical (unpaired) electrons. The first-order valence-electron chi connectivity index (χ1n) is 5.98. The molecule has 0 saturated heterocycles. The van der Waals surface area contributed by atoms with Gasteiger partial charge in [0.05, 0.1) is 12.9 Å². The van der Waals surface area contributed by atoms with Gasteiger partial charge in [-0.3, -0.25) is 0 Å². The summed E-state index contributed by atoms with van der Waals surface area (Å²) in [5.41, 5.74) is 0.996. The molecule has 4 heteroatoms. The molecule has 0 atom stereocenters. The molecule has 1 aliphatic heterocycles. The van der Waals surface area contributed by atoms with Crippen LogP contribution < -0.4 is 0 Å². The number of methoxy groups -OCH3 is 1. The molecule has 0 spiro atoms. The quantitative estimate of drug-likeness (QED) is 0.824. The molecule has 1 aromatic rings. The molecule has 0 fully saturated rings. The van der Waals surface area contributed by atoms with Gasteiger partial charge >= 0.3 is 6.09 Å². The topological polar surface area (TPSA) is 38.8 Å². The molecule has 0 saturated carbocycles. The van der Waals surface area contributed by atoms with Gasteiger partial charge in [0.2, 0.25) is 0 Å². The number of rotatable bonds is 3. The van der Waals surface area contributed by atoms with E-state index in [4.69, 9.17) is 9.47 Å². The monoisotopic (exact) mass is 247 g/mol. The third kappa shape index (κ3) is 3.26. The third-order valence-electron chi connectivity index (χ3n) is 2.89. The van der Waals surface area contributed by atoms with E-state index in [0.717, 1.165) is 17.7 Å². The summed E-state index contributed by atoms with van der Waals surface area (Å²) in [4.78, 5) is 13.5. The third-order valence-corrected chi connectivity index (χ3v) is 2.89. The van der Waals surface area contributed by atoms with Crippen LogP contribution in [-0.2, 0) is 16.1 Å². The lowest BCUT2D eigenvalue weighted by Crippen LogP contribution is -2.35. The number of carbonyl (C=O) groups excluding carboxylic acids is 1. The van der Waals surface area contributed by atoms with Crippen LogP contribution >= 0.6 is 0 Å². The highest BCUT2D eigenvalue weighted by Gasteiger charge is 2.18. The molecule has 1 amide bonds. The Bertz CT molecular complexity index is 428. The average molecular weight is 247 g/mol. The first kappa shape index (κ1) is 12.5. The Balaban J connectivity index is 1.81. The summed E-state index contributed by atoms with van der Waals surface area (Å²) in [6.07, 6.45) is 2.38. The number of ether oxygens (including phenoxy) is 2. The molecule has 2 rings (SSSR count). The van der Waals surface area contributed by atoms with Crippen LogP contribution in [-0.4, -0.2) is 31.2 Å². The maximum Gasteiger partial charge on any atom is 0.410 e. The average Bonchev–Trinajstić information content (AvgIpc) is 2.46. The van der Waals surface area contributed by atoms with Crippen molar-refractivity contribution in [3.63, 3.8) is 0 Å². The molecule has 0 bridgehead atoms. The summed E-state index contributed by atoms with van der Waals surface area (Å²) in [6, 6.07) is 9.67. The predicted molar refractivity (Wildman–Crippen MR) is 67.9 cm³/mol. The van der Waals surface area contributed by atoms with Gasteiger partial charge in [0.15, 0.2) is 0 Å². The summed E-state index contributed by atoms with van der Waals surface area (Å²) in [5.74, 6) is 0.933. The second-order valence-electron chi connectivity index (χ2n) is 4.11. The van der Waals surface area contributed by atoms with Gasteiger partial charge in [-0.05, 0) is 11.6 Å². The Kier molecular flexibility index (Phi) is 4.23. The fourth-order valence-corrected chi connectivity index (χ4v) is 1.81. The number of hydrogen-bond acceptors (Lipinski definition) is 3.